The minimum Gasteiger partial charge on any atom is -0.396 e. The molecule has 0 amide bonds. The summed E-state index contributed by atoms with van der Waals surface area (Å²) in [5.74, 6) is 0. The Balaban J connectivity index is 0.00000128. The molecule has 3 N–H and O–H groups in total. The Bertz CT molecular complexity index is 458. The van der Waals surface area contributed by atoms with E-state index in [1.165, 1.54) is 10.8 Å². The maximum absolute atomic E-state index is 8.83. The molecule has 0 saturated carbocycles. The predicted octanol–water partition coefficient (Wildman–Crippen LogP) is 2.64. The van der Waals surface area contributed by atoms with E-state index in [9.17, 15) is 0 Å². The molecule has 0 aromatic heterocycles. The third-order valence-electron chi connectivity index (χ3n) is 2.64. The van der Waals surface area contributed by atoms with Crippen LogP contribution in [-0.4, -0.2) is 11.7 Å². The zero-order chi connectivity index (χ0) is 10.7. The quantitative estimate of drug-likeness (QED) is 0.862. The minimum atomic E-state index is -0.0698. The largest absolute Gasteiger partial charge is 0.396 e. The Morgan fingerprint density at radius 1 is 1.06 bits per heavy atom. The van der Waals surface area contributed by atoms with Crippen molar-refractivity contribution in [3.63, 3.8) is 0 Å². The van der Waals surface area contributed by atoms with Gasteiger partial charge >= 0.3 is 0 Å². The van der Waals surface area contributed by atoms with Crippen LogP contribution in [0.25, 0.3) is 10.8 Å². The lowest BCUT2D eigenvalue weighted by molar-refractivity contribution is 0.276. The molecule has 86 valence electrons. The van der Waals surface area contributed by atoms with Crippen LogP contribution in [0.2, 0.25) is 0 Å². The van der Waals surface area contributed by atoms with E-state index in [4.69, 9.17) is 10.8 Å². The van der Waals surface area contributed by atoms with Crippen molar-refractivity contribution in [2.45, 2.75) is 12.5 Å². The fourth-order valence-electron chi connectivity index (χ4n) is 1.74. The van der Waals surface area contributed by atoms with Crippen molar-refractivity contribution in [1.29, 1.82) is 0 Å². The molecule has 0 aliphatic carbocycles. The number of benzene rings is 2. The normalized spacial score (nSPS) is 12.1. The van der Waals surface area contributed by atoms with Gasteiger partial charge in [0.25, 0.3) is 0 Å². The number of nitrogens with two attached hydrogens (primary N) is 1. The molecule has 2 rings (SSSR count). The van der Waals surface area contributed by atoms with Crippen LogP contribution in [0.5, 0.6) is 0 Å². The first kappa shape index (κ1) is 13.0. The van der Waals surface area contributed by atoms with Crippen LogP contribution in [0.1, 0.15) is 18.0 Å². The van der Waals surface area contributed by atoms with Crippen molar-refractivity contribution in [2.24, 2.45) is 5.73 Å². The average Bonchev–Trinajstić information content (AvgIpc) is 2.29. The smallest absolute Gasteiger partial charge is 0.0449 e. The van der Waals surface area contributed by atoms with Crippen molar-refractivity contribution < 1.29 is 5.11 Å². The minimum absolute atomic E-state index is 0. The van der Waals surface area contributed by atoms with Gasteiger partial charge in [0.05, 0.1) is 0 Å². The van der Waals surface area contributed by atoms with E-state index in [0.717, 1.165) is 5.56 Å². The third-order valence-corrected chi connectivity index (χ3v) is 2.64. The van der Waals surface area contributed by atoms with Gasteiger partial charge in [-0.2, -0.15) is 0 Å². The van der Waals surface area contributed by atoms with Crippen LogP contribution in [0, 0.1) is 0 Å². The Morgan fingerprint density at radius 2 is 1.75 bits per heavy atom. The molecule has 1 atom stereocenters. The number of fused-ring (bicyclic) bond motifs is 1. The molecule has 0 saturated heterocycles. The molecule has 0 unspecified atom stereocenters. The summed E-state index contributed by atoms with van der Waals surface area (Å²) in [7, 11) is 0. The van der Waals surface area contributed by atoms with Crippen LogP contribution >= 0.6 is 12.4 Å². The summed E-state index contributed by atoms with van der Waals surface area (Å²) < 4.78 is 0. The van der Waals surface area contributed by atoms with E-state index < -0.39 is 0 Å². The summed E-state index contributed by atoms with van der Waals surface area (Å²) in [6, 6.07) is 14.3. The van der Waals surface area contributed by atoms with Crippen molar-refractivity contribution in [2.75, 3.05) is 6.61 Å². The van der Waals surface area contributed by atoms with Crippen LogP contribution in [0.4, 0.5) is 0 Å². The summed E-state index contributed by atoms with van der Waals surface area (Å²) in [5.41, 5.74) is 7.02. The first-order chi connectivity index (χ1) is 7.31. The van der Waals surface area contributed by atoms with E-state index >= 15 is 0 Å². The van der Waals surface area contributed by atoms with E-state index in [-0.39, 0.29) is 25.1 Å². The molecule has 0 spiro atoms. The Labute approximate surface area is 101 Å². The summed E-state index contributed by atoms with van der Waals surface area (Å²) in [4.78, 5) is 0. The van der Waals surface area contributed by atoms with Gasteiger partial charge in [-0.1, -0.05) is 36.4 Å². The number of halogens is 1. The standard InChI is InChI=1S/C13H15NO.ClH/c14-13(7-8-15)12-6-5-10-3-1-2-4-11(10)9-12;/h1-6,9,13,15H,7-8,14H2;1H/t13-;/m0./s1. The molecule has 0 heterocycles. The molecular formula is C13H16ClNO. The molecular weight excluding hydrogens is 222 g/mol. The highest BCUT2D eigenvalue weighted by molar-refractivity contribution is 5.85. The van der Waals surface area contributed by atoms with Crippen molar-refractivity contribution in [3.05, 3.63) is 48.0 Å². The molecule has 0 aliphatic rings. The first-order valence-corrected chi connectivity index (χ1v) is 5.16. The van der Waals surface area contributed by atoms with Gasteiger partial charge in [-0.25, -0.2) is 0 Å². The summed E-state index contributed by atoms with van der Waals surface area (Å²) >= 11 is 0. The fraction of sp³-hybridized carbons (Fsp3) is 0.231. The van der Waals surface area contributed by atoms with Gasteiger partial charge < -0.3 is 10.8 Å². The molecule has 0 bridgehead atoms. The van der Waals surface area contributed by atoms with Gasteiger partial charge in [0.2, 0.25) is 0 Å². The van der Waals surface area contributed by atoms with Gasteiger partial charge in [0, 0.05) is 12.6 Å². The van der Waals surface area contributed by atoms with Gasteiger partial charge in [-0.3, -0.25) is 0 Å². The van der Waals surface area contributed by atoms with Gasteiger partial charge in [0.1, 0.15) is 0 Å². The summed E-state index contributed by atoms with van der Waals surface area (Å²) in [6.07, 6.45) is 0.609. The zero-order valence-electron chi connectivity index (χ0n) is 8.97. The molecule has 2 aromatic rings. The van der Waals surface area contributed by atoms with Crippen LogP contribution in [0.3, 0.4) is 0 Å². The number of hydrogen-bond donors (Lipinski definition) is 2. The molecule has 2 aromatic carbocycles. The summed E-state index contributed by atoms with van der Waals surface area (Å²) in [5, 5.41) is 11.2. The zero-order valence-corrected chi connectivity index (χ0v) is 9.78. The third kappa shape index (κ3) is 2.73. The highest BCUT2D eigenvalue weighted by Gasteiger charge is 2.05. The highest BCUT2D eigenvalue weighted by Crippen LogP contribution is 2.20. The van der Waals surface area contributed by atoms with E-state index in [1.807, 2.05) is 18.2 Å². The second kappa shape index (κ2) is 5.85. The molecule has 3 heteroatoms. The topological polar surface area (TPSA) is 46.2 Å². The van der Waals surface area contributed by atoms with Gasteiger partial charge in [-0.05, 0) is 28.8 Å². The second-order valence-electron chi connectivity index (χ2n) is 3.73. The molecule has 0 aliphatic heterocycles. The molecule has 2 nitrogen and oxygen atoms in total. The molecule has 16 heavy (non-hydrogen) atoms. The van der Waals surface area contributed by atoms with Crippen molar-refractivity contribution >= 4 is 23.2 Å². The lowest BCUT2D eigenvalue weighted by atomic mass is 10.0. The lowest BCUT2D eigenvalue weighted by Gasteiger charge is -2.11. The summed E-state index contributed by atoms with van der Waals surface area (Å²) in [6.45, 7) is 0.133. The van der Waals surface area contributed by atoms with Gasteiger partial charge in [0.15, 0.2) is 0 Å². The van der Waals surface area contributed by atoms with Crippen LogP contribution in [-0.2, 0) is 0 Å². The number of rotatable bonds is 3. The Morgan fingerprint density at radius 3 is 2.44 bits per heavy atom. The van der Waals surface area contributed by atoms with Crippen LogP contribution < -0.4 is 5.73 Å². The van der Waals surface area contributed by atoms with E-state index in [2.05, 4.69) is 24.3 Å². The van der Waals surface area contributed by atoms with E-state index in [0.29, 0.717) is 6.42 Å². The first-order valence-electron chi connectivity index (χ1n) is 5.16. The average molecular weight is 238 g/mol. The SMILES string of the molecule is Cl.N[C@@H](CCO)c1ccc2ccccc2c1. The number of aliphatic hydroxyl groups is 1. The number of hydrogen-bond acceptors (Lipinski definition) is 2. The van der Waals surface area contributed by atoms with Crippen LogP contribution in [0.15, 0.2) is 42.5 Å². The second-order valence-corrected chi connectivity index (χ2v) is 3.73. The molecule has 0 radical (unpaired) electrons. The van der Waals surface area contributed by atoms with Crippen molar-refractivity contribution in [3.8, 4) is 0 Å². The maximum atomic E-state index is 8.83. The fourth-order valence-corrected chi connectivity index (χ4v) is 1.74. The van der Waals surface area contributed by atoms with E-state index in [1.54, 1.807) is 0 Å². The molecule has 0 fully saturated rings. The Kier molecular flexibility index (Phi) is 4.74. The van der Waals surface area contributed by atoms with Gasteiger partial charge in [-0.15, -0.1) is 12.4 Å². The number of aliphatic hydroxyl groups excluding tert-OH is 1. The van der Waals surface area contributed by atoms with Crippen molar-refractivity contribution in [1.82, 2.24) is 0 Å². The monoisotopic (exact) mass is 237 g/mol. The maximum Gasteiger partial charge on any atom is 0.0449 e. The Hall–Kier alpha value is -1.09. The lowest BCUT2D eigenvalue weighted by Crippen LogP contribution is -2.11. The highest BCUT2D eigenvalue weighted by atomic mass is 35.5. The predicted molar refractivity (Wildman–Crippen MR) is 69.8 cm³/mol.